The molecule has 5 nitrogen and oxygen atoms in total. The lowest BCUT2D eigenvalue weighted by atomic mass is 10.3. The van der Waals surface area contributed by atoms with Crippen LogP contribution in [0.4, 0.5) is 0 Å². The predicted octanol–water partition coefficient (Wildman–Crippen LogP) is 0.00990. The first-order valence-electron chi connectivity index (χ1n) is 4.80. The average Bonchev–Trinajstić information content (AvgIpc) is 2.60. The van der Waals surface area contributed by atoms with Crippen LogP contribution in [0.3, 0.4) is 0 Å². The maximum absolute atomic E-state index is 11.2. The lowest BCUT2D eigenvalue weighted by Gasteiger charge is -1.96. The van der Waals surface area contributed by atoms with E-state index < -0.39 is 10.0 Å². The molecule has 0 amide bonds. The van der Waals surface area contributed by atoms with Crippen molar-refractivity contribution >= 4 is 10.0 Å². The molecular weight excluding hydrogens is 216 g/mol. The molecule has 0 unspecified atom stereocenters. The number of nitrogens with zero attached hydrogens (tertiary/aromatic N) is 2. The SMILES string of the molecule is COCCCC[n+]1ccn(S(C)(=O)=O)c1. The first-order chi connectivity index (χ1) is 7.04. The summed E-state index contributed by atoms with van der Waals surface area (Å²) < 4.78 is 30.3. The second-order valence-corrected chi connectivity index (χ2v) is 5.33. The lowest BCUT2D eigenvalue weighted by Crippen LogP contribution is -2.31. The summed E-state index contributed by atoms with van der Waals surface area (Å²) in [5, 5.41) is 0. The molecule has 1 aromatic rings. The maximum Gasteiger partial charge on any atom is 0.301 e. The van der Waals surface area contributed by atoms with E-state index in [2.05, 4.69) is 0 Å². The standard InChI is InChI=1S/C9H17N2O3S/c1-14-8-4-3-5-10-6-7-11(9-10)15(2,12)13/h6-7,9H,3-5,8H2,1-2H3/q+1. The van der Waals surface area contributed by atoms with Gasteiger partial charge in [-0.3, -0.25) is 0 Å². The summed E-state index contributed by atoms with van der Waals surface area (Å²) in [6.07, 6.45) is 8.03. The monoisotopic (exact) mass is 233 g/mol. The fourth-order valence-corrected chi connectivity index (χ4v) is 1.81. The molecule has 0 aromatic carbocycles. The third-order valence-corrected chi connectivity index (χ3v) is 3.05. The van der Waals surface area contributed by atoms with Crippen molar-refractivity contribution in [1.29, 1.82) is 0 Å². The molecule has 1 rings (SSSR count). The van der Waals surface area contributed by atoms with Crippen LogP contribution >= 0.6 is 0 Å². The Morgan fingerprint density at radius 3 is 2.67 bits per heavy atom. The number of imidazole rings is 1. The molecule has 15 heavy (non-hydrogen) atoms. The van der Waals surface area contributed by atoms with Crippen molar-refractivity contribution in [1.82, 2.24) is 3.97 Å². The van der Waals surface area contributed by atoms with Crippen LogP contribution < -0.4 is 4.57 Å². The molecule has 1 heterocycles. The molecular formula is C9H17N2O3S+. The maximum atomic E-state index is 11.2. The number of unbranched alkanes of at least 4 members (excludes halogenated alkanes) is 1. The summed E-state index contributed by atoms with van der Waals surface area (Å²) in [4.78, 5) is 0. The summed E-state index contributed by atoms with van der Waals surface area (Å²) in [6.45, 7) is 1.55. The summed E-state index contributed by atoms with van der Waals surface area (Å²) >= 11 is 0. The van der Waals surface area contributed by atoms with E-state index >= 15 is 0 Å². The van der Waals surface area contributed by atoms with Crippen LogP contribution in [0.5, 0.6) is 0 Å². The molecule has 0 spiro atoms. The second-order valence-electron chi connectivity index (χ2n) is 3.44. The van der Waals surface area contributed by atoms with Gasteiger partial charge in [-0.15, -0.1) is 3.97 Å². The van der Waals surface area contributed by atoms with Crippen LogP contribution in [-0.4, -0.2) is 32.4 Å². The van der Waals surface area contributed by atoms with E-state index in [1.165, 1.54) is 10.2 Å². The summed E-state index contributed by atoms with van der Waals surface area (Å²) in [7, 11) is -1.47. The van der Waals surface area contributed by atoms with E-state index in [4.69, 9.17) is 4.74 Å². The first kappa shape index (κ1) is 12.2. The number of aromatic nitrogens is 2. The first-order valence-corrected chi connectivity index (χ1v) is 6.65. The Bertz CT molecular complexity index is 397. The van der Waals surface area contributed by atoms with Gasteiger partial charge in [0.05, 0.1) is 12.8 Å². The molecule has 0 aliphatic carbocycles. The second kappa shape index (κ2) is 5.27. The quantitative estimate of drug-likeness (QED) is 0.514. The Kier molecular flexibility index (Phi) is 4.28. The third-order valence-electron chi connectivity index (χ3n) is 2.06. The highest BCUT2D eigenvalue weighted by Gasteiger charge is 2.12. The van der Waals surface area contributed by atoms with Crippen LogP contribution in [0.2, 0.25) is 0 Å². The zero-order valence-electron chi connectivity index (χ0n) is 9.09. The van der Waals surface area contributed by atoms with Crippen molar-refractivity contribution in [3.63, 3.8) is 0 Å². The fraction of sp³-hybridized carbons (Fsp3) is 0.667. The molecule has 0 aliphatic heterocycles. The number of hydrogen-bond donors (Lipinski definition) is 0. The van der Waals surface area contributed by atoms with Gasteiger partial charge in [0.1, 0.15) is 12.4 Å². The highest BCUT2D eigenvalue weighted by Crippen LogP contribution is 1.93. The third kappa shape index (κ3) is 4.01. The summed E-state index contributed by atoms with van der Waals surface area (Å²) in [6, 6.07) is 0. The van der Waals surface area contributed by atoms with Gasteiger partial charge >= 0.3 is 10.0 Å². The van der Waals surface area contributed by atoms with Gasteiger partial charge in [0, 0.05) is 13.7 Å². The minimum Gasteiger partial charge on any atom is -0.385 e. The minimum absolute atomic E-state index is 0.743. The Labute approximate surface area is 90.3 Å². The Morgan fingerprint density at radius 1 is 1.40 bits per heavy atom. The average molecular weight is 233 g/mol. The number of hydrogen-bond acceptors (Lipinski definition) is 3. The molecule has 0 radical (unpaired) electrons. The summed E-state index contributed by atoms with van der Waals surface area (Å²) in [5.74, 6) is 0. The molecule has 0 saturated carbocycles. The zero-order chi connectivity index (χ0) is 11.3. The van der Waals surface area contributed by atoms with Gasteiger partial charge in [-0.2, -0.15) is 8.42 Å². The van der Waals surface area contributed by atoms with E-state index in [0.717, 1.165) is 26.0 Å². The van der Waals surface area contributed by atoms with Crippen molar-refractivity contribution in [3.8, 4) is 0 Å². The largest absolute Gasteiger partial charge is 0.385 e. The predicted molar refractivity (Wildman–Crippen MR) is 56.0 cm³/mol. The Morgan fingerprint density at radius 2 is 2.13 bits per heavy atom. The van der Waals surface area contributed by atoms with Crippen molar-refractivity contribution in [2.45, 2.75) is 19.4 Å². The highest BCUT2D eigenvalue weighted by atomic mass is 32.2. The molecule has 0 saturated heterocycles. The van der Waals surface area contributed by atoms with Gasteiger partial charge in [-0.05, 0) is 12.8 Å². The molecule has 0 N–H and O–H groups in total. The van der Waals surface area contributed by atoms with Gasteiger partial charge in [0.2, 0.25) is 0 Å². The van der Waals surface area contributed by atoms with Crippen LogP contribution in [-0.2, 0) is 21.3 Å². The highest BCUT2D eigenvalue weighted by molar-refractivity contribution is 7.89. The Balaban J connectivity index is 2.47. The molecule has 6 heteroatoms. The van der Waals surface area contributed by atoms with Crippen LogP contribution in [0.1, 0.15) is 12.8 Å². The minimum atomic E-state index is -3.15. The van der Waals surface area contributed by atoms with Crippen molar-refractivity contribution in [2.75, 3.05) is 20.0 Å². The van der Waals surface area contributed by atoms with E-state index in [-0.39, 0.29) is 0 Å². The smallest absolute Gasteiger partial charge is 0.301 e. The Hall–Kier alpha value is -0.880. The number of methoxy groups -OCH3 is 1. The molecule has 1 aromatic heterocycles. The number of ether oxygens (including phenoxy) is 1. The normalized spacial score (nSPS) is 11.9. The van der Waals surface area contributed by atoms with E-state index in [1.807, 2.05) is 4.57 Å². The molecule has 0 bridgehead atoms. The van der Waals surface area contributed by atoms with Gasteiger partial charge in [-0.25, -0.2) is 4.57 Å². The van der Waals surface area contributed by atoms with Crippen LogP contribution in [0.15, 0.2) is 18.7 Å². The van der Waals surface area contributed by atoms with E-state index in [0.29, 0.717) is 0 Å². The van der Waals surface area contributed by atoms with Gasteiger partial charge in [0.25, 0.3) is 6.33 Å². The number of aryl methyl sites for hydroxylation is 1. The summed E-state index contributed by atoms with van der Waals surface area (Å²) in [5.41, 5.74) is 0. The molecule has 86 valence electrons. The van der Waals surface area contributed by atoms with Crippen LogP contribution in [0, 0.1) is 0 Å². The topological polar surface area (TPSA) is 52.2 Å². The van der Waals surface area contributed by atoms with E-state index in [9.17, 15) is 8.42 Å². The lowest BCUT2D eigenvalue weighted by molar-refractivity contribution is -0.696. The molecule has 0 fully saturated rings. The van der Waals surface area contributed by atoms with Gasteiger partial charge < -0.3 is 4.74 Å². The fourth-order valence-electron chi connectivity index (χ4n) is 1.24. The van der Waals surface area contributed by atoms with Crippen molar-refractivity contribution < 1.29 is 17.7 Å². The van der Waals surface area contributed by atoms with E-state index in [1.54, 1.807) is 25.8 Å². The number of rotatable bonds is 6. The van der Waals surface area contributed by atoms with Gasteiger partial charge in [-0.1, -0.05) is 0 Å². The molecule has 0 atom stereocenters. The molecule has 0 aliphatic rings. The van der Waals surface area contributed by atoms with Crippen molar-refractivity contribution in [2.24, 2.45) is 0 Å². The van der Waals surface area contributed by atoms with Crippen LogP contribution in [0.25, 0.3) is 0 Å². The zero-order valence-corrected chi connectivity index (χ0v) is 9.90. The van der Waals surface area contributed by atoms with Gasteiger partial charge in [0.15, 0.2) is 0 Å². The van der Waals surface area contributed by atoms with Crippen molar-refractivity contribution in [3.05, 3.63) is 18.7 Å².